The first-order chi connectivity index (χ1) is 12.6. The molecule has 2 aromatic heterocycles. The van der Waals surface area contributed by atoms with Gasteiger partial charge in [0.15, 0.2) is 0 Å². The lowest BCUT2D eigenvalue weighted by molar-refractivity contribution is -0.122. The number of halogens is 1. The Morgan fingerprint density at radius 1 is 1.35 bits per heavy atom. The molecule has 3 heterocycles. The summed E-state index contributed by atoms with van der Waals surface area (Å²) in [5.74, 6) is 1.46. The lowest BCUT2D eigenvalue weighted by Crippen LogP contribution is -2.33. The van der Waals surface area contributed by atoms with E-state index in [0.717, 1.165) is 53.0 Å². The van der Waals surface area contributed by atoms with E-state index in [1.165, 1.54) is 0 Å². The van der Waals surface area contributed by atoms with Crippen LogP contribution in [0.1, 0.15) is 55.2 Å². The largest absolute Gasteiger partial charge is 0.381 e. The van der Waals surface area contributed by atoms with Crippen LogP contribution in [-0.4, -0.2) is 39.5 Å². The number of carbonyl (C=O) groups is 1. The summed E-state index contributed by atoms with van der Waals surface area (Å²) in [6, 6.07) is 0.214. The number of aromatic nitrogens is 3. The maximum atomic E-state index is 12.1. The molecular formula is C19H23BrN4O2. The number of hydrogen-bond donors (Lipinski definition) is 1. The Balaban J connectivity index is 1.77. The van der Waals surface area contributed by atoms with E-state index >= 15 is 0 Å². The maximum Gasteiger partial charge on any atom is 0.222 e. The van der Waals surface area contributed by atoms with Gasteiger partial charge in [-0.2, -0.15) is 0 Å². The minimum atomic E-state index is 0.0796. The molecule has 1 saturated carbocycles. The number of imidazole rings is 1. The average Bonchev–Trinajstić information content (AvgIpc) is 3.20. The lowest BCUT2D eigenvalue weighted by atomic mass is 10.1. The first kappa shape index (κ1) is 17.7. The molecule has 0 saturated heterocycles. The zero-order valence-corrected chi connectivity index (χ0v) is 16.5. The minimum Gasteiger partial charge on any atom is -0.381 e. The van der Waals surface area contributed by atoms with E-state index in [-0.39, 0.29) is 11.9 Å². The lowest BCUT2D eigenvalue weighted by Gasteiger charge is -2.14. The van der Waals surface area contributed by atoms with Crippen LogP contribution in [0.25, 0.3) is 11.6 Å². The molecule has 6 nitrogen and oxygen atoms in total. The van der Waals surface area contributed by atoms with E-state index in [9.17, 15) is 4.79 Å². The minimum absolute atomic E-state index is 0.0796. The van der Waals surface area contributed by atoms with Gasteiger partial charge in [-0.25, -0.2) is 4.98 Å². The fraction of sp³-hybridized carbons (Fsp3) is 0.526. The predicted molar refractivity (Wildman–Crippen MR) is 103 cm³/mol. The number of fused-ring (bicyclic) bond motifs is 3. The molecule has 1 amide bonds. The number of carbonyl (C=O) groups excluding carboxylic acids is 1. The van der Waals surface area contributed by atoms with E-state index < -0.39 is 0 Å². The van der Waals surface area contributed by atoms with Crippen LogP contribution < -0.4 is 5.32 Å². The molecule has 2 aromatic rings. The summed E-state index contributed by atoms with van der Waals surface area (Å²) < 4.78 is 8.63. The van der Waals surface area contributed by atoms with Gasteiger partial charge in [0.25, 0.3) is 0 Å². The first-order valence-electron chi connectivity index (χ1n) is 9.20. The molecule has 0 aromatic carbocycles. The highest BCUT2D eigenvalue weighted by atomic mass is 79.9. The van der Waals surface area contributed by atoms with Crippen LogP contribution >= 0.6 is 15.9 Å². The van der Waals surface area contributed by atoms with Gasteiger partial charge in [-0.1, -0.05) is 6.08 Å². The van der Waals surface area contributed by atoms with Crippen molar-refractivity contribution in [3.8, 4) is 0 Å². The monoisotopic (exact) mass is 418 g/mol. The molecule has 1 N–H and O–H groups in total. The number of ether oxygens (including phenoxy) is 1. The van der Waals surface area contributed by atoms with Crippen LogP contribution in [0.3, 0.4) is 0 Å². The molecule has 0 spiro atoms. The molecule has 2 bridgehead atoms. The molecule has 1 aliphatic carbocycles. The third-order valence-electron chi connectivity index (χ3n) is 5.21. The van der Waals surface area contributed by atoms with Gasteiger partial charge in [0.05, 0.1) is 30.8 Å². The Morgan fingerprint density at radius 2 is 2.23 bits per heavy atom. The van der Waals surface area contributed by atoms with Crippen molar-refractivity contribution in [1.82, 2.24) is 19.7 Å². The van der Waals surface area contributed by atoms with Gasteiger partial charge in [0, 0.05) is 18.4 Å². The molecule has 1 aliphatic heterocycles. The maximum absolute atomic E-state index is 12.1. The van der Waals surface area contributed by atoms with Gasteiger partial charge in [-0.15, -0.1) is 0 Å². The number of hydrogen-bond acceptors (Lipinski definition) is 4. The van der Waals surface area contributed by atoms with E-state index in [1.807, 2.05) is 13.1 Å². The summed E-state index contributed by atoms with van der Waals surface area (Å²) in [5.41, 5.74) is 3.01. The number of aryl methyl sites for hydroxylation is 1. The molecule has 1 fully saturated rings. The third-order valence-corrected chi connectivity index (χ3v) is 5.76. The van der Waals surface area contributed by atoms with Crippen LogP contribution in [0, 0.1) is 6.92 Å². The highest BCUT2D eigenvalue weighted by molar-refractivity contribution is 9.10. The number of nitrogens with one attached hydrogen (secondary N) is 1. The van der Waals surface area contributed by atoms with Gasteiger partial charge in [0.2, 0.25) is 5.91 Å². The standard InChI is InChI=1S/C19H23BrN4O2/c1-12-17-18(20)23-19-13-5-6-14(10-13)22-16(25)7-9-26-8-3-2-4-15(11-21-12)24(17)19/h2,4,11,13-14H,3,5-10H2,1H3,(H,22,25)/t13-,14-/m1/s1. The fourth-order valence-electron chi connectivity index (χ4n) is 3.93. The average molecular weight is 419 g/mol. The van der Waals surface area contributed by atoms with E-state index in [4.69, 9.17) is 9.72 Å². The van der Waals surface area contributed by atoms with Crippen molar-refractivity contribution in [3.05, 3.63) is 34.1 Å². The molecule has 4 rings (SSSR count). The Hall–Kier alpha value is -1.73. The molecule has 0 unspecified atom stereocenters. The molecular weight excluding hydrogens is 396 g/mol. The van der Waals surface area contributed by atoms with Crippen molar-refractivity contribution < 1.29 is 9.53 Å². The van der Waals surface area contributed by atoms with Crippen LogP contribution in [0.4, 0.5) is 0 Å². The van der Waals surface area contributed by atoms with Gasteiger partial charge >= 0.3 is 0 Å². The van der Waals surface area contributed by atoms with Crippen LogP contribution in [-0.2, 0) is 9.53 Å². The van der Waals surface area contributed by atoms with Crippen LogP contribution in [0.15, 0.2) is 16.9 Å². The highest BCUT2D eigenvalue weighted by Gasteiger charge is 2.31. The summed E-state index contributed by atoms with van der Waals surface area (Å²) in [5, 5.41) is 3.16. The molecule has 138 valence electrons. The summed E-state index contributed by atoms with van der Waals surface area (Å²) in [6.45, 7) is 3.09. The second-order valence-electron chi connectivity index (χ2n) is 7.04. The summed E-state index contributed by atoms with van der Waals surface area (Å²) >= 11 is 3.62. The Kier molecular flexibility index (Phi) is 5.09. The van der Waals surface area contributed by atoms with Gasteiger partial charge in [-0.3, -0.25) is 14.2 Å². The summed E-state index contributed by atoms with van der Waals surface area (Å²) in [4.78, 5) is 21.5. The van der Waals surface area contributed by atoms with E-state index in [2.05, 4.69) is 42.8 Å². The Morgan fingerprint density at radius 3 is 3.12 bits per heavy atom. The van der Waals surface area contributed by atoms with Gasteiger partial charge in [-0.05, 0) is 54.6 Å². The van der Waals surface area contributed by atoms with Gasteiger partial charge in [0.1, 0.15) is 15.9 Å². The quantitative estimate of drug-likeness (QED) is 0.711. The number of nitrogens with zero attached hydrogens (tertiary/aromatic N) is 3. The van der Waals surface area contributed by atoms with Crippen molar-refractivity contribution in [3.63, 3.8) is 0 Å². The second kappa shape index (κ2) is 7.48. The molecule has 2 atom stereocenters. The summed E-state index contributed by atoms with van der Waals surface area (Å²) in [6.07, 6.45) is 10.3. The normalized spacial score (nSPS) is 24.3. The summed E-state index contributed by atoms with van der Waals surface area (Å²) in [7, 11) is 0. The number of rotatable bonds is 0. The topological polar surface area (TPSA) is 68.5 Å². The predicted octanol–water partition coefficient (Wildman–Crippen LogP) is 3.38. The Labute approximate surface area is 161 Å². The Bertz CT molecular complexity index is 861. The van der Waals surface area contributed by atoms with Crippen LogP contribution in [0.2, 0.25) is 0 Å². The van der Waals surface area contributed by atoms with Crippen molar-refractivity contribution in [2.75, 3.05) is 13.2 Å². The molecule has 2 aliphatic rings. The smallest absolute Gasteiger partial charge is 0.222 e. The van der Waals surface area contributed by atoms with Gasteiger partial charge < -0.3 is 10.1 Å². The molecule has 26 heavy (non-hydrogen) atoms. The van der Waals surface area contributed by atoms with Crippen LogP contribution in [0.5, 0.6) is 0 Å². The van der Waals surface area contributed by atoms with Crippen molar-refractivity contribution >= 4 is 33.4 Å². The fourth-order valence-corrected chi connectivity index (χ4v) is 4.57. The van der Waals surface area contributed by atoms with Crippen molar-refractivity contribution in [2.24, 2.45) is 0 Å². The molecule has 0 radical (unpaired) electrons. The third kappa shape index (κ3) is 3.42. The molecule has 7 heteroatoms. The second-order valence-corrected chi connectivity index (χ2v) is 7.79. The zero-order chi connectivity index (χ0) is 18.1. The van der Waals surface area contributed by atoms with Crippen molar-refractivity contribution in [1.29, 1.82) is 0 Å². The van der Waals surface area contributed by atoms with Crippen molar-refractivity contribution in [2.45, 2.75) is 51.0 Å². The number of amides is 1. The van der Waals surface area contributed by atoms with E-state index in [0.29, 0.717) is 25.6 Å². The first-order valence-corrected chi connectivity index (χ1v) is 10.00. The zero-order valence-electron chi connectivity index (χ0n) is 14.9. The van der Waals surface area contributed by atoms with E-state index in [1.54, 1.807) is 0 Å². The highest BCUT2D eigenvalue weighted by Crippen LogP contribution is 2.37. The SMILES string of the molecule is Cc1ncc2n3c(nc(Br)c13)[C@@H]1CC[C@H](C1)NC(=O)CCOCCC=C2.